The van der Waals surface area contributed by atoms with E-state index in [0.29, 0.717) is 22.7 Å². The maximum absolute atomic E-state index is 12.5. The Balaban J connectivity index is 1.62. The summed E-state index contributed by atoms with van der Waals surface area (Å²) in [5.74, 6) is 0.165. The van der Waals surface area contributed by atoms with E-state index in [1.54, 1.807) is 24.4 Å². The van der Waals surface area contributed by atoms with Gasteiger partial charge in [0.1, 0.15) is 5.75 Å². The highest BCUT2D eigenvalue weighted by Gasteiger charge is 2.17. The molecule has 2 amide bonds. The number of aromatic amines is 1. The Morgan fingerprint density at radius 1 is 1.17 bits per heavy atom. The molecule has 1 aromatic heterocycles. The SMILES string of the molecule is O=C1COc2ccc(NC(=O)c3c[nH]c4ccccc34)cc2N1. The predicted molar refractivity (Wildman–Crippen MR) is 86.8 cm³/mol. The van der Waals surface area contributed by atoms with Gasteiger partial charge in [0.15, 0.2) is 6.61 Å². The Hall–Kier alpha value is -3.28. The number of hydrogen-bond acceptors (Lipinski definition) is 3. The van der Waals surface area contributed by atoms with E-state index >= 15 is 0 Å². The predicted octanol–water partition coefficient (Wildman–Crippen LogP) is 2.75. The van der Waals surface area contributed by atoms with Crippen molar-refractivity contribution in [2.45, 2.75) is 0 Å². The Morgan fingerprint density at radius 2 is 2.04 bits per heavy atom. The molecule has 1 aliphatic heterocycles. The summed E-state index contributed by atoms with van der Waals surface area (Å²) >= 11 is 0. The molecular formula is C17H13N3O3. The van der Waals surface area contributed by atoms with Crippen LogP contribution in [-0.2, 0) is 4.79 Å². The molecule has 0 saturated heterocycles. The summed E-state index contributed by atoms with van der Waals surface area (Å²) in [7, 11) is 0. The van der Waals surface area contributed by atoms with Crippen LogP contribution in [0.4, 0.5) is 11.4 Å². The average molecular weight is 307 g/mol. The fourth-order valence-corrected chi connectivity index (χ4v) is 2.62. The third-order valence-electron chi connectivity index (χ3n) is 3.70. The number of rotatable bonds is 2. The van der Waals surface area contributed by atoms with E-state index in [1.807, 2.05) is 24.3 Å². The molecule has 0 atom stereocenters. The van der Waals surface area contributed by atoms with Crippen LogP contribution in [0.15, 0.2) is 48.7 Å². The summed E-state index contributed by atoms with van der Waals surface area (Å²) in [6.45, 7) is 0.00798. The molecule has 3 N–H and O–H groups in total. The van der Waals surface area contributed by atoms with E-state index in [4.69, 9.17) is 4.74 Å². The van der Waals surface area contributed by atoms with E-state index in [9.17, 15) is 9.59 Å². The number of amides is 2. The number of hydrogen-bond donors (Lipinski definition) is 3. The summed E-state index contributed by atoms with van der Waals surface area (Å²) in [6, 6.07) is 12.7. The Morgan fingerprint density at radius 3 is 2.96 bits per heavy atom. The maximum atomic E-state index is 12.5. The Kier molecular flexibility index (Phi) is 3.01. The van der Waals surface area contributed by atoms with Crippen molar-refractivity contribution in [2.24, 2.45) is 0 Å². The van der Waals surface area contributed by atoms with E-state index in [1.165, 1.54) is 0 Å². The minimum Gasteiger partial charge on any atom is -0.482 e. The van der Waals surface area contributed by atoms with E-state index in [-0.39, 0.29) is 18.4 Å². The standard InChI is InChI=1S/C17H13N3O3/c21-16-9-23-15-6-5-10(7-14(15)20-16)19-17(22)12-8-18-13-4-2-1-3-11(12)13/h1-8,18H,9H2,(H,19,22)(H,20,21). The number of ether oxygens (including phenoxy) is 1. The first-order valence-electron chi connectivity index (χ1n) is 7.15. The number of nitrogens with one attached hydrogen (secondary N) is 3. The molecule has 2 aromatic carbocycles. The fourth-order valence-electron chi connectivity index (χ4n) is 2.62. The van der Waals surface area contributed by atoms with Gasteiger partial charge in [0.2, 0.25) is 0 Å². The Bertz CT molecular complexity index is 930. The van der Waals surface area contributed by atoms with Crippen molar-refractivity contribution >= 4 is 34.1 Å². The van der Waals surface area contributed by atoms with Crippen molar-refractivity contribution < 1.29 is 14.3 Å². The van der Waals surface area contributed by atoms with Crippen molar-refractivity contribution in [3.8, 4) is 5.75 Å². The molecule has 1 aliphatic rings. The number of para-hydroxylation sites is 1. The number of carbonyl (C=O) groups is 2. The number of carbonyl (C=O) groups excluding carboxylic acids is 2. The first kappa shape index (κ1) is 13.4. The summed E-state index contributed by atoms with van der Waals surface area (Å²) in [6.07, 6.45) is 1.68. The second-order valence-electron chi connectivity index (χ2n) is 5.25. The van der Waals surface area contributed by atoms with Gasteiger partial charge in [0.05, 0.1) is 11.3 Å². The largest absolute Gasteiger partial charge is 0.482 e. The van der Waals surface area contributed by atoms with E-state index < -0.39 is 0 Å². The summed E-state index contributed by atoms with van der Waals surface area (Å²) in [5.41, 5.74) is 2.62. The average Bonchev–Trinajstić information content (AvgIpc) is 2.98. The van der Waals surface area contributed by atoms with Gasteiger partial charge < -0.3 is 20.4 Å². The van der Waals surface area contributed by atoms with E-state index in [2.05, 4.69) is 15.6 Å². The van der Waals surface area contributed by atoms with Crippen molar-refractivity contribution in [3.05, 3.63) is 54.2 Å². The van der Waals surface area contributed by atoms with Gasteiger partial charge in [-0.2, -0.15) is 0 Å². The molecule has 0 radical (unpaired) electrons. The molecule has 23 heavy (non-hydrogen) atoms. The molecule has 4 rings (SSSR count). The quantitative estimate of drug-likeness (QED) is 0.680. The first-order chi connectivity index (χ1) is 11.2. The fraction of sp³-hybridized carbons (Fsp3) is 0.0588. The number of aromatic nitrogens is 1. The van der Waals surface area contributed by atoms with Gasteiger partial charge in [-0.05, 0) is 24.3 Å². The Labute approximate surface area is 131 Å². The van der Waals surface area contributed by atoms with E-state index in [0.717, 1.165) is 10.9 Å². The number of benzene rings is 2. The van der Waals surface area contributed by atoms with Gasteiger partial charge >= 0.3 is 0 Å². The number of anilines is 2. The summed E-state index contributed by atoms with van der Waals surface area (Å²) in [4.78, 5) is 26.9. The lowest BCUT2D eigenvalue weighted by Crippen LogP contribution is -2.25. The van der Waals surface area contributed by atoms with Gasteiger partial charge in [-0.15, -0.1) is 0 Å². The minimum atomic E-state index is -0.217. The lowest BCUT2D eigenvalue weighted by Gasteiger charge is -2.18. The van der Waals surface area contributed by atoms with Crippen LogP contribution >= 0.6 is 0 Å². The second-order valence-corrected chi connectivity index (χ2v) is 5.25. The maximum Gasteiger partial charge on any atom is 0.262 e. The molecule has 3 aromatic rings. The van der Waals surface area contributed by atoms with Gasteiger partial charge in [-0.3, -0.25) is 9.59 Å². The monoisotopic (exact) mass is 307 g/mol. The number of H-pyrrole nitrogens is 1. The van der Waals surface area contributed by atoms with Crippen LogP contribution in [0, 0.1) is 0 Å². The third kappa shape index (κ3) is 2.40. The van der Waals surface area contributed by atoms with Crippen molar-refractivity contribution in [1.82, 2.24) is 4.98 Å². The summed E-state index contributed by atoms with van der Waals surface area (Å²) < 4.78 is 5.30. The normalized spacial score (nSPS) is 13.1. The van der Waals surface area contributed by atoms with Crippen molar-refractivity contribution in [3.63, 3.8) is 0 Å². The molecule has 114 valence electrons. The molecular weight excluding hydrogens is 294 g/mol. The molecule has 0 bridgehead atoms. The highest BCUT2D eigenvalue weighted by atomic mass is 16.5. The van der Waals surface area contributed by atoms with Crippen LogP contribution in [0.3, 0.4) is 0 Å². The summed E-state index contributed by atoms with van der Waals surface area (Å²) in [5, 5.41) is 6.41. The molecule has 0 spiro atoms. The molecule has 0 fully saturated rings. The first-order valence-corrected chi connectivity index (χ1v) is 7.15. The van der Waals surface area contributed by atoms with Crippen LogP contribution in [-0.4, -0.2) is 23.4 Å². The van der Waals surface area contributed by atoms with Crippen LogP contribution in [0.1, 0.15) is 10.4 Å². The molecule has 2 heterocycles. The van der Waals surface area contributed by atoms with Gasteiger partial charge in [0.25, 0.3) is 11.8 Å². The highest BCUT2D eigenvalue weighted by molar-refractivity contribution is 6.13. The van der Waals surface area contributed by atoms with Crippen LogP contribution in [0.5, 0.6) is 5.75 Å². The van der Waals surface area contributed by atoms with Gasteiger partial charge in [-0.1, -0.05) is 18.2 Å². The topological polar surface area (TPSA) is 83.2 Å². The number of fused-ring (bicyclic) bond motifs is 2. The third-order valence-corrected chi connectivity index (χ3v) is 3.70. The van der Waals surface area contributed by atoms with Crippen LogP contribution in [0.25, 0.3) is 10.9 Å². The van der Waals surface area contributed by atoms with Crippen molar-refractivity contribution in [2.75, 3.05) is 17.2 Å². The van der Waals surface area contributed by atoms with Crippen LogP contribution in [0.2, 0.25) is 0 Å². The smallest absolute Gasteiger partial charge is 0.262 e. The molecule has 0 saturated carbocycles. The molecule has 6 heteroatoms. The minimum absolute atomic E-state index is 0.00798. The van der Waals surface area contributed by atoms with Gasteiger partial charge in [-0.25, -0.2) is 0 Å². The zero-order chi connectivity index (χ0) is 15.8. The lowest BCUT2D eigenvalue weighted by molar-refractivity contribution is -0.118. The lowest BCUT2D eigenvalue weighted by atomic mass is 10.1. The van der Waals surface area contributed by atoms with Gasteiger partial charge in [0, 0.05) is 22.8 Å². The van der Waals surface area contributed by atoms with Crippen molar-refractivity contribution in [1.29, 1.82) is 0 Å². The zero-order valence-corrected chi connectivity index (χ0v) is 12.1. The molecule has 0 unspecified atom stereocenters. The molecule has 0 aliphatic carbocycles. The highest BCUT2D eigenvalue weighted by Crippen LogP contribution is 2.30. The molecule has 6 nitrogen and oxygen atoms in total. The second kappa shape index (κ2) is 5.17. The van der Waals surface area contributed by atoms with Crippen LogP contribution < -0.4 is 15.4 Å². The zero-order valence-electron chi connectivity index (χ0n) is 12.1.